The number of carbonyl (C=O) groups is 2. The Hall–Kier alpha value is -3.27. The van der Waals surface area contributed by atoms with Crippen molar-refractivity contribution < 1.29 is 27.5 Å². The molecule has 34 heavy (non-hydrogen) atoms. The van der Waals surface area contributed by atoms with Gasteiger partial charge in [-0.1, -0.05) is 19.1 Å². The Labute approximate surface area is 201 Å². The zero-order valence-corrected chi connectivity index (χ0v) is 21.1. The topological polar surface area (TPSA) is 105 Å². The summed E-state index contributed by atoms with van der Waals surface area (Å²) in [4.78, 5) is 27.5. The highest BCUT2D eigenvalue weighted by Crippen LogP contribution is 2.22. The largest absolute Gasteiger partial charge is 0.497 e. The second-order valence-corrected chi connectivity index (χ2v) is 9.71. The number of ether oxygens (including phenoxy) is 2. The van der Waals surface area contributed by atoms with Crippen molar-refractivity contribution in [3.05, 3.63) is 54.1 Å². The number of benzene rings is 2. The first-order chi connectivity index (χ1) is 16.1. The molecule has 0 bridgehead atoms. The number of nitrogens with one attached hydrogen (secondary N) is 1. The molecule has 0 radical (unpaired) electrons. The summed E-state index contributed by atoms with van der Waals surface area (Å²) in [6.07, 6.45) is 1.79. The standard InChI is InChI=1S/C24H33N3O6S/c1-6-15-25-24(29)18(2)26(16-19-7-11-21(32-3)12-8-19)23(28)17-27(34(5,30)31)20-9-13-22(33-4)14-10-20/h7-14,18H,6,15-17H2,1-5H3,(H,25,29)/t18-/m1/s1. The molecule has 0 fully saturated rings. The monoisotopic (exact) mass is 491 g/mol. The van der Waals surface area contributed by atoms with E-state index in [9.17, 15) is 18.0 Å². The zero-order chi connectivity index (χ0) is 25.3. The molecule has 1 atom stereocenters. The van der Waals surface area contributed by atoms with E-state index in [2.05, 4.69) is 5.32 Å². The molecule has 0 aliphatic rings. The summed E-state index contributed by atoms with van der Waals surface area (Å²) in [6, 6.07) is 12.7. The van der Waals surface area contributed by atoms with Crippen LogP contribution >= 0.6 is 0 Å². The Bertz CT molecular complexity index is 1060. The van der Waals surface area contributed by atoms with Crippen LogP contribution in [0.2, 0.25) is 0 Å². The summed E-state index contributed by atoms with van der Waals surface area (Å²) < 4.78 is 36.4. The first kappa shape index (κ1) is 27.0. The van der Waals surface area contributed by atoms with Crippen LogP contribution in [0.1, 0.15) is 25.8 Å². The third kappa shape index (κ3) is 7.38. The highest BCUT2D eigenvalue weighted by Gasteiger charge is 2.30. The molecule has 0 aromatic heterocycles. The fourth-order valence-corrected chi connectivity index (χ4v) is 4.12. The molecule has 186 valence electrons. The van der Waals surface area contributed by atoms with E-state index in [1.807, 2.05) is 6.92 Å². The fourth-order valence-electron chi connectivity index (χ4n) is 3.27. The molecule has 9 nitrogen and oxygen atoms in total. The van der Waals surface area contributed by atoms with Gasteiger partial charge in [-0.15, -0.1) is 0 Å². The highest BCUT2D eigenvalue weighted by molar-refractivity contribution is 7.92. The molecule has 0 saturated carbocycles. The van der Waals surface area contributed by atoms with Gasteiger partial charge in [0.1, 0.15) is 24.1 Å². The number of hydrogen-bond donors (Lipinski definition) is 1. The summed E-state index contributed by atoms with van der Waals surface area (Å²) in [5.41, 5.74) is 1.10. The predicted molar refractivity (Wildman–Crippen MR) is 131 cm³/mol. The van der Waals surface area contributed by atoms with Crippen molar-refractivity contribution in [3.8, 4) is 11.5 Å². The van der Waals surface area contributed by atoms with E-state index in [0.717, 1.165) is 22.5 Å². The highest BCUT2D eigenvalue weighted by atomic mass is 32.2. The third-order valence-corrected chi connectivity index (χ3v) is 6.41. The molecule has 2 aromatic carbocycles. The quantitative estimate of drug-likeness (QED) is 0.489. The van der Waals surface area contributed by atoms with Crippen LogP contribution in [0.4, 0.5) is 5.69 Å². The lowest BCUT2D eigenvalue weighted by Crippen LogP contribution is -2.51. The average molecular weight is 492 g/mol. The van der Waals surface area contributed by atoms with Gasteiger partial charge in [0.25, 0.3) is 0 Å². The Balaban J connectivity index is 2.35. The van der Waals surface area contributed by atoms with Crippen LogP contribution in [0.15, 0.2) is 48.5 Å². The average Bonchev–Trinajstić information content (AvgIpc) is 2.83. The van der Waals surface area contributed by atoms with Gasteiger partial charge in [0.05, 0.1) is 26.2 Å². The minimum absolute atomic E-state index is 0.129. The Morgan fingerprint density at radius 1 is 0.971 bits per heavy atom. The maximum absolute atomic E-state index is 13.4. The van der Waals surface area contributed by atoms with Gasteiger partial charge < -0.3 is 19.7 Å². The van der Waals surface area contributed by atoms with Gasteiger partial charge in [0, 0.05) is 13.1 Å². The van der Waals surface area contributed by atoms with E-state index in [1.54, 1.807) is 62.6 Å². The number of hydrogen-bond acceptors (Lipinski definition) is 6. The molecule has 0 aliphatic carbocycles. The van der Waals surface area contributed by atoms with Crippen molar-refractivity contribution in [2.24, 2.45) is 0 Å². The van der Waals surface area contributed by atoms with Gasteiger partial charge in [-0.2, -0.15) is 0 Å². The smallest absolute Gasteiger partial charge is 0.244 e. The van der Waals surface area contributed by atoms with Gasteiger partial charge in [-0.25, -0.2) is 8.42 Å². The number of sulfonamides is 1. The van der Waals surface area contributed by atoms with Crippen LogP contribution in [0.25, 0.3) is 0 Å². The second kappa shape index (κ2) is 12.3. The van der Waals surface area contributed by atoms with E-state index in [-0.39, 0.29) is 12.5 Å². The van der Waals surface area contributed by atoms with Crippen molar-refractivity contribution in [1.29, 1.82) is 0 Å². The molecular formula is C24H33N3O6S. The van der Waals surface area contributed by atoms with Crippen molar-refractivity contribution in [3.63, 3.8) is 0 Å². The molecule has 2 aromatic rings. The van der Waals surface area contributed by atoms with Crippen molar-refractivity contribution in [2.75, 3.05) is 37.9 Å². The molecule has 0 saturated heterocycles. The van der Waals surface area contributed by atoms with Crippen LogP contribution in [0.3, 0.4) is 0 Å². The SMILES string of the molecule is CCCNC(=O)[C@@H](C)N(Cc1ccc(OC)cc1)C(=O)CN(c1ccc(OC)cc1)S(C)(=O)=O. The van der Waals surface area contributed by atoms with E-state index < -0.39 is 28.5 Å². The molecule has 2 amide bonds. The molecule has 2 rings (SSSR count). The van der Waals surface area contributed by atoms with E-state index >= 15 is 0 Å². The fraction of sp³-hybridized carbons (Fsp3) is 0.417. The molecule has 0 aliphatic heterocycles. The van der Waals surface area contributed by atoms with E-state index in [4.69, 9.17) is 9.47 Å². The first-order valence-electron chi connectivity index (χ1n) is 10.9. The van der Waals surface area contributed by atoms with E-state index in [0.29, 0.717) is 23.7 Å². The van der Waals surface area contributed by atoms with Crippen LogP contribution < -0.4 is 19.1 Å². The summed E-state index contributed by atoms with van der Waals surface area (Å²) >= 11 is 0. The van der Waals surface area contributed by atoms with Crippen molar-refractivity contribution >= 4 is 27.5 Å². The number of carbonyl (C=O) groups excluding carboxylic acids is 2. The van der Waals surface area contributed by atoms with Crippen LogP contribution in [-0.2, 0) is 26.2 Å². The Morgan fingerprint density at radius 3 is 1.97 bits per heavy atom. The summed E-state index contributed by atoms with van der Waals surface area (Å²) in [5.74, 6) is 0.416. The molecule has 0 unspecified atom stereocenters. The second-order valence-electron chi connectivity index (χ2n) is 7.80. The molecule has 10 heteroatoms. The maximum atomic E-state index is 13.4. The number of nitrogens with zero attached hydrogens (tertiary/aromatic N) is 2. The van der Waals surface area contributed by atoms with Crippen LogP contribution in [0, 0.1) is 0 Å². The van der Waals surface area contributed by atoms with Gasteiger partial charge in [0.2, 0.25) is 21.8 Å². The molecule has 1 N–H and O–H groups in total. The number of amides is 2. The van der Waals surface area contributed by atoms with Crippen molar-refractivity contribution in [2.45, 2.75) is 32.9 Å². The number of anilines is 1. The Kier molecular flexibility index (Phi) is 9.73. The molecular weight excluding hydrogens is 458 g/mol. The lowest BCUT2D eigenvalue weighted by atomic mass is 10.1. The zero-order valence-electron chi connectivity index (χ0n) is 20.3. The molecule has 0 heterocycles. The number of methoxy groups -OCH3 is 2. The summed E-state index contributed by atoms with van der Waals surface area (Å²) in [5, 5.41) is 2.80. The van der Waals surface area contributed by atoms with Gasteiger partial charge in [0.15, 0.2) is 0 Å². The van der Waals surface area contributed by atoms with E-state index in [1.165, 1.54) is 12.0 Å². The summed E-state index contributed by atoms with van der Waals surface area (Å²) in [6.45, 7) is 3.72. The predicted octanol–water partition coefficient (Wildman–Crippen LogP) is 2.41. The Morgan fingerprint density at radius 2 is 1.50 bits per heavy atom. The normalized spacial score (nSPS) is 11.9. The van der Waals surface area contributed by atoms with Crippen molar-refractivity contribution in [1.82, 2.24) is 10.2 Å². The van der Waals surface area contributed by atoms with Gasteiger partial charge >= 0.3 is 0 Å². The van der Waals surface area contributed by atoms with Gasteiger partial charge in [-0.3, -0.25) is 13.9 Å². The first-order valence-corrected chi connectivity index (χ1v) is 12.8. The molecule has 0 spiro atoms. The lowest BCUT2D eigenvalue weighted by molar-refractivity contribution is -0.139. The maximum Gasteiger partial charge on any atom is 0.244 e. The number of rotatable bonds is 12. The third-order valence-electron chi connectivity index (χ3n) is 5.27. The minimum Gasteiger partial charge on any atom is -0.497 e. The van der Waals surface area contributed by atoms with Crippen LogP contribution in [-0.4, -0.2) is 64.7 Å². The van der Waals surface area contributed by atoms with Gasteiger partial charge in [-0.05, 0) is 55.3 Å². The summed E-state index contributed by atoms with van der Waals surface area (Å²) in [7, 11) is -0.712. The van der Waals surface area contributed by atoms with Crippen LogP contribution in [0.5, 0.6) is 11.5 Å². The minimum atomic E-state index is -3.78. The lowest BCUT2D eigenvalue weighted by Gasteiger charge is -2.31.